The average molecular weight is 759 g/mol. The van der Waals surface area contributed by atoms with Crippen LogP contribution in [0.1, 0.15) is 57.8 Å². The van der Waals surface area contributed by atoms with Gasteiger partial charge in [-0.3, -0.25) is 18.7 Å². The van der Waals surface area contributed by atoms with Crippen LogP contribution in [-0.2, 0) is 13.7 Å². The summed E-state index contributed by atoms with van der Waals surface area (Å²) in [7, 11) is 20.2. The molecule has 0 aromatic heterocycles. The Morgan fingerprint density at radius 2 is 0.673 bits per heavy atom. The number of nitrogens with zero attached hydrogens (tertiary/aromatic N) is 10. The lowest BCUT2D eigenvalue weighted by Gasteiger charge is -2.37. The fourth-order valence-corrected chi connectivity index (χ4v) is 13.0. The minimum atomic E-state index is -2.70. The summed E-state index contributed by atoms with van der Waals surface area (Å²) in [5.41, 5.74) is 0. The molecule has 49 heavy (non-hydrogen) atoms. The second-order valence-electron chi connectivity index (χ2n) is 14.0. The summed E-state index contributed by atoms with van der Waals surface area (Å²) >= 11 is 0. The number of guanidine groups is 1. The van der Waals surface area contributed by atoms with Gasteiger partial charge in [-0.25, -0.2) is 42.0 Å². The van der Waals surface area contributed by atoms with Gasteiger partial charge in [-0.2, -0.15) is 0 Å². The highest BCUT2D eigenvalue weighted by atomic mass is 31.2. The van der Waals surface area contributed by atoms with E-state index in [1.54, 1.807) is 0 Å². The topological polar surface area (TPSA) is 117 Å². The SMILES string of the molecule is CN(C)P(=O)(N(C)C)N(C)CCCCCN=C(NCCCCCN(C)P(=O)(N(C)C)N(C)C)NCCCCCN(C)P(=O)(N(C)C)N(C)C. The van der Waals surface area contributed by atoms with E-state index in [9.17, 15) is 13.7 Å². The normalized spacial score (nSPS) is 13.5. The Morgan fingerprint density at radius 1 is 0.408 bits per heavy atom. The van der Waals surface area contributed by atoms with E-state index in [1.165, 1.54) is 0 Å². The standard InChI is InChI=1S/C31H77N12O3P3/c1-35(2)47(44,36(3)4)41(13)28-22-16-19-25-32-31(33-26-20-17-23-29-42(14)48(45,37(5)6)38(7)8)34-27-21-18-24-30-43(15)49(46,39(9)10)40(11)12/h16-30H2,1-15H3,(H2,32,33,34). The molecule has 0 heterocycles. The number of nitrogens with one attached hydrogen (secondary N) is 2. The van der Waals surface area contributed by atoms with Crippen LogP contribution in [0.5, 0.6) is 0 Å². The lowest BCUT2D eigenvalue weighted by atomic mass is 10.2. The van der Waals surface area contributed by atoms with Crippen LogP contribution in [0, 0.1) is 0 Å². The number of hydrogen-bond acceptors (Lipinski definition) is 4. The molecule has 0 atom stereocenters. The summed E-state index contributed by atoms with van der Waals surface area (Å²) in [6.07, 6.45) is 8.92. The van der Waals surface area contributed by atoms with E-state index in [-0.39, 0.29) is 0 Å². The molecule has 0 fully saturated rings. The minimum absolute atomic E-state index is 0.725. The quantitative estimate of drug-likeness (QED) is 0.0530. The Hall–Kier alpha value is -0.400. The molecule has 0 bridgehead atoms. The summed E-state index contributed by atoms with van der Waals surface area (Å²) in [6.45, 7) is 4.67. The van der Waals surface area contributed by atoms with Crippen LogP contribution >= 0.6 is 22.8 Å². The van der Waals surface area contributed by atoms with E-state index in [4.69, 9.17) is 4.99 Å². The maximum Gasteiger partial charge on any atom is 0.285 e. The van der Waals surface area contributed by atoms with Crippen molar-refractivity contribution in [3.63, 3.8) is 0 Å². The highest BCUT2D eigenvalue weighted by Crippen LogP contribution is 2.53. The Labute approximate surface area is 302 Å². The third kappa shape index (κ3) is 15.2. The number of unbranched alkanes of at least 4 members (excludes halogenated alkanes) is 6. The van der Waals surface area contributed by atoms with Gasteiger partial charge in [0.25, 0.3) is 22.8 Å². The monoisotopic (exact) mass is 759 g/mol. The Bertz CT molecular complexity index is 986. The van der Waals surface area contributed by atoms with E-state index in [2.05, 4.69) is 10.6 Å². The van der Waals surface area contributed by atoms with Gasteiger partial charge in [0.2, 0.25) is 0 Å². The molecule has 0 aliphatic heterocycles. The zero-order chi connectivity index (χ0) is 38.0. The molecule has 0 aliphatic carbocycles. The highest BCUT2D eigenvalue weighted by molar-refractivity contribution is 7.57. The van der Waals surface area contributed by atoms with Gasteiger partial charge in [-0.1, -0.05) is 19.3 Å². The van der Waals surface area contributed by atoms with Gasteiger partial charge < -0.3 is 10.6 Å². The molecule has 0 radical (unpaired) electrons. The molecule has 15 nitrogen and oxygen atoms in total. The predicted molar refractivity (Wildman–Crippen MR) is 213 cm³/mol. The predicted octanol–water partition coefficient (Wildman–Crippen LogP) is 4.52. The molecule has 0 aromatic carbocycles. The van der Waals surface area contributed by atoms with Crippen LogP contribution in [0.15, 0.2) is 4.99 Å². The number of rotatable bonds is 27. The third-order valence-electron chi connectivity index (χ3n) is 8.77. The molecule has 0 unspecified atom stereocenters. The van der Waals surface area contributed by atoms with Crippen LogP contribution in [0.2, 0.25) is 0 Å². The Balaban J connectivity index is 4.98. The van der Waals surface area contributed by atoms with Crippen LogP contribution in [0.3, 0.4) is 0 Å². The summed E-state index contributed by atoms with van der Waals surface area (Å²) in [5, 5.41) is 7.05. The third-order valence-corrected chi connectivity index (χ3v) is 18.3. The molecule has 2 N–H and O–H groups in total. The van der Waals surface area contributed by atoms with Gasteiger partial charge in [0.15, 0.2) is 5.96 Å². The van der Waals surface area contributed by atoms with Crippen molar-refractivity contribution in [1.82, 2.24) is 52.7 Å². The van der Waals surface area contributed by atoms with Gasteiger partial charge >= 0.3 is 0 Å². The zero-order valence-electron chi connectivity index (χ0n) is 34.1. The van der Waals surface area contributed by atoms with Gasteiger partial charge in [0, 0.05) is 39.3 Å². The highest BCUT2D eigenvalue weighted by Gasteiger charge is 2.34. The molecular formula is C31H77N12O3P3. The van der Waals surface area contributed by atoms with E-state index >= 15 is 0 Å². The van der Waals surface area contributed by atoms with Crippen molar-refractivity contribution in [2.24, 2.45) is 4.99 Å². The van der Waals surface area contributed by atoms with Crippen molar-refractivity contribution in [1.29, 1.82) is 0 Å². The maximum absolute atomic E-state index is 13.4. The Kier molecular flexibility index (Phi) is 23.8. The molecule has 0 saturated carbocycles. The first-order valence-corrected chi connectivity index (χ1v) is 22.4. The fourth-order valence-electron chi connectivity index (χ4n) is 5.99. The summed E-state index contributed by atoms with van der Waals surface area (Å²) < 4.78 is 57.1. The van der Waals surface area contributed by atoms with Crippen molar-refractivity contribution in [2.45, 2.75) is 57.8 Å². The first kappa shape index (κ1) is 48.6. The maximum atomic E-state index is 13.4. The minimum Gasteiger partial charge on any atom is -0.356 e. The van der Waals surface area contributed by atoms with Gasteiger partial charge in [-0.15, -0.1) is 0 Å². The van der Waals surface area contributed by atoms with Crippen LogP contribution < -0.4 is 10.6 Å². The lowest BCUT2D eigenvalue weighted by Crippen LogP contribution is -2.38. The largest absolute Gasteiger partial charge is 0.356 e. The molecule has 294 valence electrons. The van der Waals surface area contributed by atoms with E-state index in [0.29, 0.717) is 0 Å². The van der Waals surface area contributed by atoms with Crippen molar-refractivity contribution < 1.29 is 13.7 Å². The van der Waals surface area contributed by atoms with Crippen LogP contribution in [0.25, 0.3) is 0 Å². The molecule has 0 saturated heterocycles. The second kappa shape index (κ2) is 24.0. The van der Waals surface area contributed by atoms with E-state index in [0.717, 1.165) is 103 Å². The summed E-state index contributed by atoms with van der Waals surface area (Å²) in [6, 6.07) is 0. The first-order valence-electron chi connectivity index (χ1n) is 17.8. The second-order valence-corrected chi connectivity index (χ2v) is 24.0. The van der Waals surface area contributed by atoms with Crippen LogP contribution in [0.4, 0.5) is 0 Å². The molecule has 0 aromatic rings. The van der Waals surface area contributed by atoms with Crippen molar-refractivity contribution in [3.05, 3.63) is 0 Å². The van der Waals surface area contributed by atoms with Gasteiger partial charge in [0.1, 0.15) is 0 Å². The van der Waals surface area contributed by atoms with Crippen molar-refractivity contribution >= 4 is 28.7 Å². The van der Waals surface area contributed by atoms with E-state index < -0.39 is 22.8 Å². The molecule has 0 aliphatic rings. The number of hydrogen-bond donors (Lipinski definition) is 2. The summed E-state index contributed by atoms with van der Waals surface area (Å²) in [4.78, 5) is 4.88. The van der Waals surface area contributed by atoms with Gasteiger partial charge in [-0.05, 0) is 144 Å². The van der Waals surface area contributed by atoms with Crippen LogP contribution in [-0.4, -0.2) is 193 Å². The molecule has 0 spiro atoms. The van der Waals surface area contributed by atoms with Crippen molar-refractivity contribution in [3.8, 4) is 0 Å². The molecular weight excluding hydrogens is 681 g/mol. The lowest BCUT2D eigenvalue weighted by molar-refractivity contribution is 0.352. The van der Waals surface area contributed by atoms with E-state index in [1.807, 2.05) is 148 Å². The summed E-state index contributed by atoms with van der Waals surface area (Å²) in [5.74, 6) is 0.838. The molecule has 0 amide bonds. The molecule has 18 heteroatoms. The van der Waals surface area contributed by atoms with Gasteiger partial charge in [0.05, 0.1) is 0 Å². The fraction of sp³-hybridized carbons (Fsp3) is 0.968. The number of aliphatic imine (C=N–C) groups is 1. The zero-order valence-corrected chi connectivity index (χ0v) is 36.8. The smallest absolute Gasteiger partial charge is 0.285 e. The van der Waals surface area contributed by atoms with Crippen molar-refractivity contribution in [2.75, 3.05) is 145 Å². The molecule has 0 rings (SSSR count). The Morgan fingerprint density at radius 3 is 0.939 bits per heavy atom. The first-order chi connectivity index (χ1) is 22.7. The average Bonchev–Trinajstić information content (AvgIpc) is 3.02.